The Balaban J connectivity index is 2.31. The monoisotopic (exact) mass is 204 g/mol. The minimum atomic E-state index is -0.622. The number of aliphatic hydroxyl groups is 1. The maximum absolute atomic E-state index is 9.73. The van der Waals surface area contributed by atoms with Gasteiger partial charge in [0.25, 0.3) is 0 Å². The Hall–Kier alpha value is -1.52. The number of rotatable bonds is 0. The van der Waals surface area contributed by atoms with Crippen molar-refractivity contribution in [1.82, 2.24) is 10.3 Å². The van der Waals surface area contributed by atoms with Crippen LogP contribution in [0.2, 0.25) is 0 Å². The number of hydrogen-bond acceptors (Lipinski definition) is 3. The van der Waals surface area contributed by atoms with E-state index in [-0.39, 0.29) is 5.75 Å². The van der Waals surface area contributed by atoms with E-state index in [1.165, 1.54) is 0 Å². The fourth-order valence-corrected chi connectivity index (χ4v) is 2.20. The lowest BCUT2D eigenvalue weighted by molar-refractivity contribution is 0.128. The summed E-state index contributed by atoms with van der Waals surface area (Å²) in [5.41, 5.74) is 2.88. The third-order valence-electron chi connectivity index (χ3n) is 2.91. The maximum atomic E-state index is 9.73. The Morgan fingerprint density at radius 1 is 1.33 bits per heavy atom. The highest BCUT2D eigenvalue weighted by atomic mass is 16.3. The van der Waals surface area contributed by atoms with Crippen LogP contribution < -0.4 is 5.32 Å². The van der Waals surface area contributed by atoms with Crippen LogP contribution in [0.5, 0.6) is 5.75 Å². The van der Waals surface area contributed by atoms with Crippen LogP contribution in [0.25, 0.3) is 10.9 Å². The molecule has 0 amide bonds. The zero-order valence-corrected chi connectivity index (χ0v) is 8.12. The van der Waals surface area contributed by atoms with Crippen LogP contribution in [0.1, 0.15) is 17.5 Å². The molecule has 1 aromatic carbocycles. The van der Waals surface area contributed by atoms with Crippen LogP contribution in [0.4, 0.5) is 0 Å². The highest BCUT2D eigenvalue weighted by Crippen LogP contribution is 2.30. The third-order valence-corrected chi connectivity index (χ3v) is 2.91. The lowest BCUT2D eigenvalue weighted by Crippen LogP contribution is -2.29. The van der Waals surface area contributed by atoms with Gasteiger partial charge in [0.15, 0.2) is 0 Å². The first-order valence-corrected chi connectivity index (χ1v) is 5.00. The van der Waals surface area contributed by atoms with Crippen LogP contribution in [0.15, 0.2) is 18.2 Å². The second-order valence-electron chi connectivity index (χ2n) is 3.85. The number of hydrogen-bond donors (Lipinski definition) is 4. The summed E-state index contributed by atoms with van der Waals surface area (Å²) in [4.78, 5) is 3.17. The third kappa shape index (κ3) is 1.22. The second-order valence-corrected chi connectivity index (χ2v) is 3.85. The summed E-state index contributed by atoms with van der Waals surface area (Å²) in [7, 11) is 0. The highest BCUT2D eigenvalue weighted by molar-refractivity contribution is 5.86. The van der Waals surface area contributed by atoms with Gasteiger partial charge in [-0.2, -0.15) is 0 Å². The van der Waals surface area contributed by atoms with Gasteiger partial charge in [-0.3, -0.25) is 5.32 Å². The van der Waals surface area contributed by atoms with Crippen molar-refractivity contribution in [1.29, 1.82) is 0 Å². The molecule has 4 N–H and O–H groups in total. The number of fused-ring (bicyclic) bond motifs is 3. The molecule has 4 nitrogen and oxygen atoms in total. The molecule has 0 saturated heterocycles. The summed E-state index contributed by atoms with van der Waals surface area (Å²) in [6.07, 6.45) is 0.249. The number of benzene rings is 1. The topological polar surface area (TPSA) is 68.3 Å². The Bertz CT molecular complexity index is 519. The van der Waals surface area contributed by atoms with Gasteiger partial charge in [-0.1, -0.05) is 0 Å². The summed E-state index contributed by atoms with van der Waals surface area (Å²) in [5.74, 6) is 0.261. The van der Waals surface area contributed by atoms with Gasteiger partial charge < -0.3 is 15.2 Å². The van der Waals surface area contributed by atoms with E-state index in [1.54, 1.807) is 12.1 Å². The SMILES string of the molecule is Oc1ccc2[nH]c3c(c2c1)CCN[C@@H]3O. The quantitative estimate of drug-likeness (QED) is 0.517. The predicted molar refractivity (Wildman–Crippen MR) is 56.6 cm³/mol. The second kappa shape index (κ2) is 2.98. The lowest BCUT2D eigenvalue weighted by Gasteiger charge is -2.19. The smallest absolute Gasteiger partial charge is 0.146 e. The molecule has 0 unspecified atom stereocenters. The molecule has 1 atom stereocenters. The molecule has 15 heavy (non-hydrogen) atoms. The first-order valence-electron chi connectivity index (χ1n) is 5.00. The van der Waals surface area contributed by atoms with Gasteiger partial charge in [0, 0.05) is 17.4 Å². The number of aromatic amines is 1. The Morgan fingerprint density at radius 3 is 3.07 bits per heavy atom. The van der Waals surface area contributed by atoms with E-state index in [2.05, 4.69) is 10.3 Å². The first-order chi connectivity index (χ1) is 7.25. The maximum Gasteiger partial charge on any atom is 0.146 e. The van der Waals surface area contributed by atoms with E-state index in [9.17, 15) is 10.2 Å². The number of aliphatic hydroxyl groups excluding tert-OH is 1. The first kappa shape index (κ1) is 8.76. The molecular formula is C11H12N2O2. The zero-order valence-electron chi connectivity index (χ0n) is 8.12. The average molecular weight is 204 g/mol. The average Bonchev–Trinajstić information content (AvgIpc) is 2.58. The van der Waals surface area contributed by atoms with Crippen molar-refractivity contribution in [3.8, 4) is 5.75 Å². The molecule has 2 heterocycles. The van der Waals surface area contributed by atoms with E-state index in [1.807, 2.05) is 6.07 Å². The van der Waals surface area contributed by atoms with Gasteiger partial charge in [-0.15, -0.1) is 0 Å². The van der Waals surface area contributed by atoms with Crippen LogP contribution in [-0.4, -0.2) is 21.7 Å². The fraction of sp³-hybridized carbons (Fsp3) is 0.273. The summed E-state index contributed by atoms with van der Waals surface area (Å²) >= 11 is 0. The van der Waals surface area contributed by atoms with Gasteiger partial charge in [0.2, 0.25) is 0 Å². The largest absolute Gasteiger partial charge is 0.508 e. The summed E-state index contributed by atoms with van der Waals surface area (Å²) in [5, 5.41) is 23.1. The van der Waals surface area contributed by atoms with Crippen molar-refractivity contribution in [2.75, 3.05) is 6.54 Å². The number of nitrogens with one attached hydrogen (secondary N) is 2. The molecule has 0 fully saturated rings. The molecule has 0 aliphatic carbocycles. The molecular weight excluding hydrogens is 192 g/mol. The fourth-order valence-electron chi connectivity index (χ4n) is 2.20. The van der Waals surface area contributed by atoms with Gasteiger partial charge in [-0.25, -0.2) is 0 Å². The molecule has 0 bridgehead atoms. The van der Waals surface area contributed by atoms with Crippen molar-refractivity contribution < 1.29 is 10.2 Å². The molecule has 1 aliphatic heterocycles. The number of H-pyrrole nitrogens is 1. The number of phenolic OH excluding ortho intramolecular Hbond substituents is 1. The highest BCUT2D eigenvalue weighted by Gasteiger charge is 2.21. The van der Waals surface area contributed by atoms with Gasteiger partial charge in [0.1, 0.15) is 12.0 Å². The summed E-state index contributed by atoms with van der Waals surface area (Å²) in [6, 6.07) is 5.21. The van der Waals surface area contributed by atoms with E-state index in [0.717, 1.165) is 35.1 Å². The van der Waals surface area contributed by atoms with Crippen molar-refractivity contribution in [3.05, 3.63) is 29.5 Å². The van der Waals surface area contributed by atoms with Crippen molar-refractivity contribution in [2.24, 2.45) is 0 Å². The van der Waals surface area contributed by atoms with Crippen molar-refractivity contribution in [3.63, 3.8) is 0 Å². The van der Waals surface area contributed by atoms with Crippen LogP contribution in [-0.2, 0) is 6.42 Å². The lowest BCUT2D eigenvalue weighted by atomic mass is 10.0. The molecule has 1 aliphatic rings. The molecule has 4 heteroatoms. The van der Waals surface area contributed by atoms with E-state index < -0.39 is 6.23 Å². The van der Waals surface area contributed by atoms with Crippen LogP contribution in [0, 0.1) is 0 Å². The molecule has 78 valence electrons. The summed E-state index contributed by atoms with van der Waals surface area (Å²) < 4.78 is 0. The van der Waals surface area contributed by atoms with Crippen molar-refractivity contribution in [2.45, 2.75) is 12.6 Å². The summed E-state index contributed by atoms with van der Waals surface area (Å²) in [6.45, 7) is 0.761. The van der Waals surface area contributed by atoms with Crippen LogP contribution in [0.3, 0.4) is 0 Å². The number of aromatic nitrogens is 1. The zero-order chi connectivity index (χ0) is 10.4. The number of aromatic hydroxyl groups is 1. The molecule has 0 saturated carbocycles. The van der Waals surface area contributed by atoms with E-state index >= 15 is 0 Å². The van der Waals surface area contributed by atoms with Gasteiger partial charge in [-0.05, 0) is 30.2 Å². The standard InChI is InChI=1S/C11H12N2O2/c14-6-1-2-9-8(5-6)7-3-4-12-11(15)10(7)13-9/h1-2,5,11-15H,3-4H2/t11-/m1/s1. The number of phenols is 1. The Labute approximate surface area is 86.5 Å². The molecule has 2 aromatic rings. The van der Waals surface area contributed by atoms with Crippen molar-refractivity contribution >= 4 is 10.9 Å². The molecule has 1 aromatic heterocycles. The predicted octanol–water partition coefficient (Wildman–Crippen LogP) is 1.01. The normalized spacial score (nSPS) is 20.5. The Kier molecular flexibility index (Phi) is 1.74. The van der Waals surface area contributed by atoms with E-state index in [4.69, 9.17) is 0 Å². The molecule has 0 radical (unpaired) electrons. The Morgan fingerprint density at radius 2 is 2.20 bits per heavy atom. The minimum absolute atomic E-state index is 0.261. The molecule has 3 rings (SSSR count). The van der Waals surface area contributed by atoms with E-state index in [0.29, 0.717) is 0 Å². The van der Waals surface area contributed by atoms with Gasteiger partial charge >= 0.3 is 0 Å². The van der Waals surface area contributed by atoms with Crippen LogP contribution >= 0.6 is 0 Å². The minimum Gasteiger partial charge on any atom is -0.508 e. The molecule has 0 spiro atoms. The van der Waals surface area contributed by atoms with Gasteiger partial charge in [0.05, 0.1) is 5.69 Å².